The fraction of sp³-hybridized carbons (Fsp3) is 0.174. The highest BCUT2D eigenvalue weighted by Crippen LogP contribution is 2.38. The van der Waals surface area contributed by atoms with Gasteiger partial charge in [0.15, 0.2) is 0 Å². The normalized spacial score (nSPS) is 16.1. The highest BCUT2D eigenvalue weighted by atomic mass is 16.4. The van der Waals surface area contributed by atoms with Crippen LogP contribution >= 0.6 is 0 Å². The molecule has 1 saturated heterocycles. The number of rotatable bonds is 4. The van der Waals surface area contributed by atoms with Crippen molar-refractivity contribution >= 4 is 28.5 Å². The van der Waals surface area contributed by atoms with Crippen molar-refractivity contribution in [1.82, 2.24) is 28.9 Å². The van der Waals surface area contributed by atoms with E-state index in [4.69, 9.17) is 4.98 Å². The van der Waals surface area contributed by atoms with E-state index in [0.29, 0.717) is 40.6 Å². The average molecular weight is 441 g/mol. The quantitative estimate of drug-likeness (QED) is 0.440. The van der Waals surface area contributed by atoms with Crippen LogP contribution in [-0.2, 0) is 0 Å². The molecule has 33 heavy (non-hydrogen) atoms. The summed E-state index contributed by atoms with van der Waals surface area (Å²) in [5, 5.41) is 10.1. The lowest BCUT2D eigenvalue weighted by Gasteiger charge is -2.27. The first-order valence-corrected chi connectivity index (χ1v) is 10.6. The average Bonchev–Trinajstić information content (AvgIpc) is 3.58. The van der Waals surface area contributed by atoms with Crippen molar-refractivity contribution in [2.45, 2.75) is 18.9 Å². The summed E-state index contributed by atoms with van der Waals surface area (Å²) >= 11 is 0. The molecule has 6 rings (SSSR count). The largest absolute Gasteiger partial charge is 0.478 e. The molecule has 5 aromatic rings. The maximum absolute atomic E-state index is 13.5. The molecule has 0 spiro atoms. The second-order valence-electron chi connectivity index (χ2n) is 7.94. The van der Waals surface area contributed by atoms with Gasteiger partial charge in [-0.25, -0.2) is 29.1 Å². The van der Waals surface area contributed by atoms with Crippen LogP contribution in [0.25, 0.3) is 22.4 Å². The van der Waals surface area contributed by atoms with E-state index in [2.05, 4.69) is 15.0 Å². The molecule has 10 heteroatoms. The SMILES string of the molecule is O=C(O)c1c[nH]c2ncnc(N3CCCC3c3nc4cccn4c(=O)n3-c3ccccc3)c12. The molecule has 1 fully saturated rings. The number of para-hydroxylation sites is 1. The van der Waals surface area contributed by atoms with Crippen LogP contribution in [0.2, 0.25) is 0 Å². The highest BCUT2D eigenvalue weighted by Gasteiger charge is 2.34. The predicted octanol–water partition coefficient (Wildman–Crippen LogP) is 2.80. The zero-order valence-corrected chi connectivity index (χ0v) is 17.4. The zero-order chi connectivity index (χ0) is 22.5. The van der Waals surface area contributed by atoms with Crippen LogP contribution in [0.4, 0.5) is 5.82 Å². The van der Waals surface area contributed by atoms with E-state index in [9.17, 15) is 14.7 Å². The van der Waals surface area contributed by atoms with Crippen molar-refractivity contribution in [2.24, 2.45) is 0 Å². The Kier molecular flexibility index (Phi) is 4.25. The number of aromatic amines is 1. The van der Waals surface area contributed by atoms with Crippen molar-refractivity contribution in [1.29, 1.82) is 0 Å². The smallest absolute Gasteiger partial charge is 0.339 e. The van der Waals surface area contributed by atoms with Gasteiger partial charge in [0, 0.05) is 18.9 Å². The molecule has 164 valence electrons. The highest BCUT2D eigenvalue weighted by molar-refractivity contribution is 6.06. The van der Waals surface area contributed by atoms with Crippen LogP contribution in [0.3, 0.4) is 0 Å². The van der Waals surface area contributed by atoms with E-state index < -0.39 is 5.97 Å². The molecule has 0 radical (unpaired) electrons. The third-order valence-electron chi connectivity index (χ3n) is 6.10. The molecule has 1 atom stereocenters. The number of aromatic carboxylic acids is 1. The zero-order valence-electron chi connectivity index (χ0n) is 17.4. The van der Waals surface area contributed by atoms with Crippen molar-refractivity contribution in [3.05, 3.63) is 83.1 Å². The van der Waals surface area contributed by atoms with E-state index in [0.717, 1.165) is 12.8 Å². The van der Waals surface area contributed by atoms with E-state index in [1.54, 1.807) is 22.9 Å². The van der Waals surface area contributed by atoms with Crippen LogP contribution < -0.4 is 10.6 Å². The van der Waals surface area contributed by atoms with Gasteiger partial charge in [0.05, 0.1) is 22.7 Å². The summed E-state index contributed by atoms with van der Waals surface area (Å²) in [5.74, 6) is 0.0568. The van der Waals surface area contributed by atoms with Gasteiger partial charge >= 0.3 is 11.7 Å². The van der Waals surface area contributed by atoms with Crippen molar-refractivity contribution in [2.75, 3.05) is 11.4 Å². The minimum Gasteiger partial charge on any atom is -0.478 e. The van der Waals surface area contributed by atoms with Crippen LogP contribution in [-0.4, -0.2) is 46.5 Å². The minimum atomic E-state index is -1.05. The summed E-state index contributed by atoms with van der Waals surface area (Å²) in [7, 11) is 0. The first kappa shape index (κ1) is 19.2. The van der Waals surface area contributed by atoms with Gasteiger partial charge in [-0.3, -0.25) is 4.40 Å². The number of nitrogens with one attached hydrogen (secondary N) is 1. The second kappa shape index (κ2) is 7.30. The number of benzene rings is 1. The number of nitrogens with zero attached hydrogens (tertiary/aromatic N) is 6. The monoisotopic (exact) mass is 441 g/mol. The van der Waals surface area contributed by atoms with Gasteiger partial charge < -0.3 is 15.0 Å². The Balaban J connectivity index is 1.59. The second-order valence-corrected chi connectivity index (χ2v) is 7.94. The van der Waals surface area contributed by atoms with E-state index in [-0.39, 0.29) is 17.3 Å². The molecule has 1 aliphatic heterocycles. The van der Waals surface area contributed by atoms with Gasteiger partial charge in [-0.05, 0) is 37.1 Å². The van der Waals surface area contributed by atoms with Crippen LogP contribution in [0, 0.1) is 0 Å². The molecule has 4 aromatic heterocycles. The summed E-state index contributed by atoms with van der Waals surface area (Å²) in [5.41, 5.74) is 1.64. The third kappa shape index (κ3) is 2.91. The first-order valence-electron chi connectivity index (χ1n) is 10.6. The van der Waals surface area contributed by atoms with E-state index >= 15 is 0 Å². The Labute approximate surface area is 186 Å². The molecule has 5 heterocycles. The molecule has 0 saturated carbocycles. The number of carboxylic acids is 1. The number of aromatic nitrogens is 6. The van der Waals surface area contributed by atoms with Crippen LogP contribution in [0.1, 0.15) is 35.1 Å². The number of H-pyrrole nitrogens is 1. The molecule has 1 aliphatic rings. The van der Waals surface area contributed by atoms with Gasteiger partial charge in [-0.15, -0.1) is 0 Å². The summed E-state index contributed by atoms with van der Waals surface area (Å²) in [6, 6.07) is 12.7. The topological polar surface area (TPSA) is 121 Å². The molecule has 1 aromatic carbocycles. The summed E-state index contributed by atoms with van der Waals surface area (Å²) in [6.07, 6.45) is 6.14. The predicted molar refractivity (Wildman–Crippen MR) is 121 cm³/mol. The lowest BCUT2D eigenvalue weighted by molar-refractivity contribution is 0.0699. The first-order chi connectivity index (χ1) is 16.1. The van der Waals surface area contributed by atoms with Crippen molar-refractivity contribution in [3.63, 3.8) is 0 Å². The number of anilines is 1. The Morgan fingerprint density at radius 2 is 1.97 bits per heavy atom. The molecule has 1 unspecified atom stereocenters. The summed E-state index contributed by atoms with van der Waals surface area (Å²) in [6.45, 7) is 0.651. The number of hydrogen-bond donors (Lipinski definition) is 2. The van der Waals surface area contributed by atoms with E-state index in [1.807, 2.05) is 35.2 Å². The van der Waals surface area contributed by atoms with Crippen LogP contribution in [0.15, 0.2) is 66.0 Å². The number of carbonyl (C=O) groups is 1. The molecule has 0 aliphatic carbocycles. The molecule has 0 amide bonds. The summed E-state index contributed by atoms with van der Waals surface area (Å²) < 4.78 is 3.15. The fourth-order valence-corrected chi connectivity index (χ4v) is 4.66. The fourth-order valence-electron chi connectivity index (χ4n) is 4.66. The Hall–Kier alpha value is -4.47. The number of fused-ring (bicyclic) bond motifs is 2. The van der Waals surface area contributed by atoms with Gasteiger partial charge in [-0.2, -0.15) is 0 Å². The van der Waals surface area contributed by atoms with E-state index in [1.165, 1.54) is 16.9 Å². The third-order valence-corrected chi connectivity index (χ3v) is 6.10. The number of hydrogen-bond acceptors (Lipinski definition) is 6. The Morgan fingerprint density at radius 1 is 1.12 bits per heavy atom. The summed E-state index contributed by atoms with van der Waals surface area (Å²) in [4.78, 5) is 43.8. The van der Waals surface area contributed by atoms with Gasteiger partial charge in [0.1, 0.15) is 29.3 Å². The minimum absolute atomic E-state index is 0.113. The molecular weight excluding hydrogens is 422 g/mol. The molecule has 0 bridgehead atoms. The lowest BCUT2D eigenvalue weighted by Crippen LogP contribution is -2.34. The molecular formula is C23H19N7O3. The number of carboxylic acid groups (broad SMARTS) is 1. The van der Waals surface area contributed by atoms with Crippen LogP contribution in [0.5, 0.6) is 0 Å². The molecule has 10 nitrogen and oxygen atoms in total. The van der Waals surface area contributed by atoms with Crippen molar-refractivity contribution < 1.29 is 9.90 Å². The van der Waals surface area contributed by atoms with Crippen molar-refractivity contribution in [3.8, 4) is 5.69 Å². The standard InChI is InChI=1S/C23H19N7O3/c31-22(32)15-12-24-19-18(15)21(26-13-25-19)28-10-4-8-16(28)20-27-17-9-5-11-29(17)23(33)30(20)14-6-2-1-3-7-14/h1-3,5-7,9,11-13,16H,4,8,10H2,(H,31,32)(H,24,25,26). The van der Waals surface area contributed by atoms with Gasteiger partial charge in [0.2, 0.25) is 0 Å². The Bertz CT molecular complexity index is 1570. The maximum Gasteiger partial charge on any atom is 0.339 e. The van der Waals surface area contributed by atoms with Gasteiger partial charge in [-0.1, -0.05) is 18.2 Å². The maximum atomic E-state index is 13.5. The lowest BCUT2D eigenvalue weighted by atomic mass is 10.1. The Morgan fingerprint density at radius 3 is 2.79 bits per heavy atom. The van der Waals surface area contributed by atoms with Gasteiger partial charge in [0.25, 0.3) is 0 Å². The molecule has 2 N–H and O–H groups in total.